The van der Waals surface area contributed by atoms with Crippen molar-refractivity contribution in [1.82, 2.24) is 14.9 Å². The molecule has 0 radical (unpaired) electrons. The number of aryl methyl sites for hydroxylation is 2. The summed E-state index contributed by atoms with van der Waals surface area (Å²) in [4.78, 5) is 15.2. The number of hydrogen-bond donors (Lipinski definition) is 1. The van der Waals surface area contributed by atoms with Crippen LogP contribution in [0, 0.1) is 0 Å². The summed E-state index contributed by atoms with van der Waals surface area (Å²) in [6, 6.07) is 14.1. The fourth-order valence-corrected chi connectivity index (χ4v) is 3.48. The molecule has 0 bridgehead atoms. The minimum absolute atomic E-state index is 0.581. The minimum Gasteiger partial charge on any atom is -0.493 e. The molecule has 1 N–H and O–H groups in total. The summed E-state index contributed by atoms with van der Waals surface area (Å²) in [5.41, 5.74) is 3.21. The van der Waals surface area contributed by atoms with Gasteiger partial charge in [-0.2, -0.15) is 0 Å². The van der Waals surface area contributed by atoms with Crippen LogP contribution >= 0.6 is 0 Å². The molecule has 0 unspecified atom stereocenters. The molecule has 0 aliphatic carbocycles. The van der Waals surface area contributed by atoms with E-state index in [0.29, 0.717) is 13.2 Å². The zero-order valence-electron chi connectivity index (χ0n) is 17.6. The van der Waals surface area contributed by atoms with E-state index in [1.807, 2.05) is 55.5 Å². The average Bonchev–Trinajstić information content (AvgIpc) is 3.12. The average molecular weight is 408 g/mol. The number of carbonyl (C=O) groups excluding carboxylic acids is 1. The Kier molecular flexibility index (Phi) is 7.89. The molecule has 0 spiro atoms. The molecule has 158 valence electrons. The number of rotatable bonds is 12. The highest BCUT2D eigenvalue weighted by Crippen LogP contribution is 2.29. The Morgan fingerprint density at radius 2 is 2.00 bits per heavy atom. The lowest BCUT2D eigenvalue weighted by Gasteiger charge is -2.13. The van der Waals surface area contributed by atoms with E-state index in [1.165, 1.54) is 0 Å². The summed E-state index contributed by atoms with van der Waals surface area (Å²) in [5.74, 6) is 2.53. The normalized spacial score (nSPS) is 11.1. The Hall–Kier alpha value is -3.28. The zero-order chi connectivity index (χ0) is 21.2. The topological polar surface area (TPSA) is 65.4 Å². The first kappa shape index (κ1) is 21.4. The predicted octanol–water partition coefficient (Wildman–Crippen LogP) is 4.23. The highest BCUT2D eigenvalue weighted by molar-refractivity contribution is 5.75. The van der Waals surface area contributed by atoms with Gasteiger partial charge in [0.25, 0.3) is 0 Å². The van der Waals surface area contributed by atoms with Crippen LogP contribution in [-0.4, -0.2) is 36.2 Å². The molecule has 1 aromatic heterocycles. The van der Waals surface area contributed by atoms with Gasteiger partial charge in [-0.25, -0.2) is 4.98 Å². The van der Waals surface area contributed by atoms with Crippen molar-refractivity contribution < 1.29 is 14.3 Å². The molecular formula is C24H29N3O3. The Morgan fingerprint density at radius 1 is 1.13 bits per heavy atom. The Morgan fingerprint density at radius 3 is 2.80 bits per heavy atom. The number of nitrogens with one attached hydrogen (secondary N) is 1. The van der Waals surface area contributed by atoms with Gasteiger partial charge in [-0.3, -0.25) is 4.79 Å². The lowest BCUT2D eigenvalue weighted by molar-refractivity contribution is -0.109. The fraction of sp³-hybridized carbons (Fsp3) is 0.333. The first-order chi connectivity index (χ1) is 14.8. The molecule has 30 heavy (non-hydrogen) atoms. The largest absolute Gasteiger partial charge is 0.493 e. The summed E-state index contributed by atoms with van der Waals surface area (Å²) in [5, 5.41) is 2.71. The van der Waals surface area contributed by atoms with Gasteiger partial charge >= 0.3 is 0 Å². The number of aromatic nitrogens is 2. The number of fused-ring (bicyclic) bond motifs is 1. The number of imidazole rings is 1. The van der Waals surface area contributed by atoms with Gasteiger partial charge in [0.15, 0.2) is 11.5 Å². The second-order valence-corrected chi connectivity index (χ2v) is 6.96. The van der Waals surface area contributed by atoms with Gasteiger partial charge in [-0.05, 0) is 49.6 Å². The monoisotopic (exact) mass is 407 g/mol. The van der Waals surface area contributed by atoms with Crippen molar-refractivity contribution >= 4 is 23.5 Å². The third-order valence-corrected chi connectivity index (χ3v) is 4.87. The molecule has 0 saturated heterocycles. The summed E-state index contributed by atoms with van der Waals surface area (Å²) in [6.07, 6.45) is 7.28. The van der Waals surface area contributed by atoms with Crippen molar-refractivity contribution in [2.75, 3.05) is 20.3 Å². The van der Waals surface area contributed by atoms with Crippen molar-refractivity contribution in [3.05, 3.63) is 59.9 Å². The molecule has 0 atom stereocenters. The summed E-state index contributed by atoms with van der Waals surface area (Å²) in [7, 11) is 1.66. The Labute approximate surface area is 177 Å². The van der Waals surface area contributed by atoms with Crippen LogP contribution < -0.4 is 14.8 Å². The lowest BCUT2D eigenvalue weighted by Crippen LogP contribution is -2.14. The van der Waals surface area contributed by atoms with E-state index in [2.05, 4.69) is 16.0 Å². The zero-order valence-corrected chi connectivity index (χ0v) is 17.6. The lowest BCUT2D eigenvalue weighted by atomic mass is 10.2. The van der Waals surface area contributed by atoms with E-state index in [1.54, 1.807) is 7.11 Å². The van der Waals surface area contributed by atoms with E-state index in [4.69, 9.17) is 14.5 Å². The SMILES string of the molecule is C/C=C/c1ccc(OCCCn2c(CCCNC=O)nc3ccccc32)c(OC)c1. The second kappa shape index (κ2) is 11.0. The minimum atomic E-state index is 0.581. The quantitative estimate of drug-likeness (QED) is 0.361. The van der Waals surface area contributed by atoms with Gasteiger partial charge in [0.1, 0.15) is 5.82 Å². The highest BCUT2D eigenvalue weighted by atomic mass is 16.5. The van der Waals surface area contributed by atoms with Gasteiger partial charge in [0.05, 0.1) is 24.8 Å². The molecular weight excluding hydrogens is 378 g/mol. The molecule has 0 aliphatic rings. The van der Waals surface area contributed by atoms with Crippen LogP contribution in [0.2, 0.25) is 0 Å². The Balaban J connectivity index is 1.63. The first-order valence-electron chi connectivity index (χ1n) is 10.3. The van der Waals surface area contributed by atoms with Crippen LogP contribution in [0.1, 0.15) is 31.2 Å². The van der Waals surface area contributed by atoms with Gasteiger partial charge < -0.3 is 19.4 Å². The van der Waals surface area contributed by atoms with Crippen molar-refractivity contribution in [3.63, 3.8) is 0 Å². The summed E-state index contributed by atoms with van der Waals surface area (Å²) < 4.78 is 13.7. The van der Waals surface area contributed by atoms with E-state index in [9.17, 15) is 4.79 Å². The number of hydrogen-bond acceptors (Lipinski definition) is 4. The first-order valence-corrected chi connectivity index (χ1v) is 10.3. The third-order valence-electron chi connectivity index (χ3n) is 4.87. The van der Waals surface area contributed by atoms with Crippen molar-refractivity contribution in [3.8, 4) is 11.5 Å². The number of carbonyl (C=O) groups is 1. The molecule has 3 rings (SSSR count). The maximum Gasteiger partial charge on any atom is 0.207 e. The van der Waals surface area contributed by atoms with E-state index >= 15 is 0 Å². The van der Waals surface area contributed by atoms with Gasteiger partial charge in [-0.15, -0.1) is 0 Å². The molecule has 2 aromatic carbocycles. The molecule has 0 aliphatic heterocycles. The predicted molar refractivity (Wildman–Crippen MR) is 120 cm³/mol. The molecule has 6 heteroatoms. The number of benzene rings is 2. The number of amides is 1. The van der Waals surface area contributed by atoms with Crippen LogP contribution in [-0.2, 0) is 17.8 Å². The fourth-order valence-electron chi connectivity index (χ4n) is 3.48. The highest BCUT2D eigenvalue weighted by Gasteiger charge is 2.11. The van der Waals surface area contributed by atoms with E-state index in [0.717, 1.165) is 66.1 Å². The van der Waals surface area contributed by atoms with Gasteiger partial charge in [-0.1, -0.05) is 30.4 Å². The molecule has 3 aromatic rings. The maximum atomic E-state index is 10.5. The summed E-state index contributed by atoms with van der Waals surface area (Å²) >= 11 is 0. The third kappa shape index (κ3) is 5.41. The van der Waals surface area contributed by atoms with Crippen LogP contribution in [0.4, 0.5) is 0 Å². The molecule has 6 nitrogen and oxygen atoms in total. The van der Waals surface area contributed by atoms with Crippen molar-refractivity contribution in [2.24, 2.45) is 0 Å². The molecule has 1 amide bonds. The van der Waals surface area contributed by atoms with E-state index in [-0.39, 0.29) is 0 Å². The van der Waals surface area contributed by atoms with Crippen LogP contribution in [0.5, 0.6) is 11.5 Å². The van der Waals surface area contributed by atoms with E-state index < -0.39 is 0 Å². The van der Waals surface area contributed by atoms with Crippen LogP contribution in [0.25, 0.3) is 17.1 Å². The molecule has 0 saturated carbocycles. The summed E-state index contributed by atoms with van der Waals surface area (Å²) in [6.45, 7) is 4.04. The number of para-hydroxylation sites is 2. The maximum absolute atomic E-state index is 10.5. The van der Waals surface area contributed by atoms with Crippen LogP contribution in [0.15, 0.2) is 48.5 Å². The Bertz CT molecular complexity index is 995. The van der Waals surface area contributed by atoms with Crippen molar-refractivity contribution in [2.45, 2.75) is 32.7 Å². The number of methoxy groups -OCH3 is 1. The molecule has 1 heterocycles. The number of allylic oxidation sites excluding steroid dienone is 1. The van der Waals surface area contributed by atoms with Crippen molar-refractivity contribution in [1.29, 1.82) is 0 Å². The second-order valence-electron chi connectivity index (χ2n) is 6.96. The number of nitrogens with zero attached hydrogens (tertiary/aromatic N) is 2. The standard InChI is InChI=1S/C24H29N3O3/c1-3-8-19-12-13-22(23(17-19)29-2)30-16-7-15-27-21-10-5-4-9-20(21)26-24(27)11-6-14-25-18-28/h3-5,8-10,12-13,17-18H,6-7,11,14-16H2,1-2H3,(H,25,28)/b8-3+. The molecule has 0 fully saturated rings. The van der Waals surface area contributed by atoms with Crippen LogP contribution in [0.3, 0.4) is 0 Å². The smallest absolute Gasteiger partial charge is 0.207 e. The van der Waals surface area contributed by atoms with Gasteiger partial charge in [0, 0.05) is 19.5 Å². The number of ether oxygens (including phenoxy) is 2. The van der Waals surface area contributed by atoms with Gasteiger partial charge in [0.2, 0.25) is 6.41 Å².